The van der Waals surface area contributed by atoms with E-state index in [2.05, 4.69) is 10.3 Å². The molecule has 17 heavy (non-hydrogen) atoms. The number of nitrogens with one attached hydrogen (secondary N) is 1. The Morgan fingerprint density at radius 3 is 2.71 bits per heavy atom. The molecule has 4 nitrogen and oxygen atoms in total. The third-order valence-electron chi connectivity index (χ3n) is 2.45. The van der Waals surface area contributed by atoms with Crippen molar-refractivity contribution in [3.63, 3.8) is 0 Å². The lowest BCUT2D eigenvalue weighted by Crippen LogP contribution is -2.03. The first-order valence-electron chi connectivity index (χ1n) is 5.18. The van der Waals surface area contributed by atoms with Gasteiger partial charge in [-0.2, -0.15) is 0 Å². The zero-order valence-corrected chi connectivity index (χ0v) is 9.34. The van der Waals surface area contributed by atoms with Crippen molar-refractivity contribution in [1.29, 1.82) is 0 Å². The van der Waals surface area contributed by atoms with Gasteiger partial charge in [-0.1, -0.05) is 12.1 Å². The zero-order chi connectivity index (χ0) is 12.3. The molecule has 0 fully saturated rings. The number of aryl methyl sites for hydroxylation is 1. The van der Waals surface area contributed by atoms with Gasteiger partial charge in [0.2, 0.25) is 0 Å². The number of hydrogen-bond donors (Lipinski definition) is 2. The molecule has 0 spiro atoms. The second-order valence-corrected chi connectivity index (χ2v) is 3.67. The van der Waals surface area contributed by atoms with E-state index < -0.39 is 5.97 Å². The monoisotopic (exact) mass is 228 g/mol. The van der Waals surface area contributed by atoms with Crippen LogP contribution < -0.4 is 5.32 Å². The molecule has 0 amide bonds. The summed E-state index contributed by atoms with van der Waals surface area (Å²) in [4.78, 5) is 15.0. The highest BCUT2D eigenvalue weighted by molar-refractivity contribution is 5.95. The number of para-hydroxylation sites is 1. The van der Waals surface area contributed by atoms with E-state index in [4.69, 9.17) is 5.11 Å². The predicted molar refractivity (Wildman–Crippen MR) is 65.7 cm³/mol. The molecule has 2 rings (SSSR count). The molecule has 0 saturated carbocycles. The molecule has 1 aromatic carbocycles. The van der Waals surface area contributed by atoms with Crippen LogP contribution in [0.15, 0.2) is 42.7 Å². The van der Waals surface area contributed by atoms with Crippen LogP contribution in [0.3, 0.4) is 0 Å². The summed E-state index contributed by atoms with van der Waals surface area (Å²) >= 11 is 0. The number of rotatable bonds is 3. The fourth-order valence-corrected chi connectivity index (χ4v) is 1.54. The molecular weight excluding hydrogens is 216 g/mol. The van der Waals surface area contributed by atoms with Gasteiger partial charge >= 0.3 is 5.97 Å². The Balaban J connectivity index is 2.37. The lowest BCUT2D eigenvalue weighted by Gasteiger charge is -2.11. The van der Waals surface area contributed by atoms with Crippen molar-refractivity contribution in [3.05, 3.63) is 53.9 Å². The molecule has 0 aliphatic carbocycles. The van der Waals surface area contributed by atoms with Gasteiger partial charge < -0.3 is 10.4 Å². The third-order valence-corrected chi connectivity index (χ3v) is 2.45. The standard InChI is InChI=1S/C13H12N2O2/c1-9-8-14-7-6-11(9)15-12-5-3-2-4-10(12)13(16)17/h2-8H,1H3,(H,14,15)(H,16,17). The number of benzene rings is 1. The molecule has 0 aliphatic rings. The van der Waals surface area contributed by atoms with Gasteiger partial charge in [0.25, 0.3) is 0 Å². The molecule has 86 valence electrons. The van der Waals surface area contributed by atoms with E-state index in [9.17, 15) is 4.79 Å². The number of hydrogen-bond acceptors (Lipinski definition) is 3. The molecular formula is C13H12N2O2. The van der Waals surface area contributed by atoms with Crippen molar-refractivity contribution < 1.29 is 9.90 Å². The highest BCUT2D eigenvalue weighted by Crippen LogP contribution is 2.22. The van der Waals surface area contributed by atoms with Crippen molar-refractivity contribution in [1.82, 2.24) is 4.98 Å². The number of carbonyl (C=O) groups is 1. The van der Waals surface area contributed by atoms with E-state index in [0.29, 0.717) is 5.69 Å². The van der Waals surface area contributed by atoms with E-state index in [1.54, 1.807) is 36.7 Å². The summed E-state index contributed by atoms with van der Waals surface area (Å²) < 4.78 is 0. The molecule has 1 heterocycles. The van der Waals surface area contributed by atoms with Crippen molar-refractivity contribution in [2.75, 3.05) is 5.32 Å². The largest absolute Gasteiger partial charge is 0.478 e. The second-order valence-electron chi connectivity index (χ2n) is 3.67. The minimum absolute atomic E-state index is 0.253. The number of aromatic carboxylic acids is 1. The lowest BCUT2D eigenvalue weighted by molar-refractivity contribution is 0.0698. The fraction of sp³-hybridized carbons (Fsp3) is 0.0769. The predicted octanol–water partition coefficient (Wildman–Crippen LogP) is 2.83. The average Bonchev–Trinajstić information content (AvgIpc) is 2.32. The van der Waals surface area contributed by atoms with Crippen molar-refractivity contribution >= 4 is 17.3 Å². The van der Waals surface area contributed by atoms with Crippen LogP contribution >= 0.6 is 0 Å². The Morgan fingerprint density at radius 1 is 1.24 bits per heavy atom. The summed E-state index contributed by atoms with van der Waals surface area (Å²) in [6.07, 6.45) is 3.39. The minimum Gasteiger partial charge on any atom is -0.478 e. The van der Waals surface area contributed by atoms with Gasteiger partial charge in [0.15, 0.2) is 0 Å². The first-order chi connectivity index (χ1) is 8.18. The third kappa shape index (κ3) is 2.42. The van der Waals surface area contributed by atoms with Crippen LogP contribution in [0.5, 0.6) is 0 Å². The Morgan fingerprint density at radius 2 is 2.00 bits per heavy atom. The van der Waals surface area contributed by atoms with Gasteiger partial charge in [-0.15, -0.1) is 0 Å². The number of aromatic nitrogens is 1. The first kappa shape index (κ1) is 11.1. The van der Waals surface area contributed by atoms with E-state index in [-0.39, 0.29) is 5.56 Å². The summed E-state index contributed by atoms with van der Waals surface area (Å²) in [5, 5.41) is 12.2. The van der Waals surface area contributed by atoms with Gasteiger partial charge in [0, 0.05) is 18.1 Å². The maximum atomic E-state index is 11.0. The highest BCUT2D eigenvalue weighted by atomic mass is 16.4. The van der Waals surface area contributed by atoms with Crippen molar-refractivity contribution in [3.8, 4) is 0 Å². The zero-order valence-electron chi connectivity index (χ0n) is 9.34. The Hall–Kier alpha value is -2.36. The fourth-order valence-electron chi connectivity index (χ4n) is 1.54. The number of carboxylic acids is 1. The average molecular weight is 228 g/mol. The Labute approximate surface area is 98.9 Å². The topological polar surface area (TPSA) is 62.2 Å². The van der Waals surface area contributed by atoms with Crippen LogP contribution in [-0.4, -0.2) is 16.1 Å². The van der Waals surface area contributed by atoms with Gasteiger partial charge in [0.1, 0.15) is 0 Å². The molecule has 2 N–H and O–H groups in total. The highest BCUT2D eigenvalue weighted by Gasteiger charge is 2.09. The molecule has 1 aromatic heterocycles. The number of pyridine rings is 1. The summed E-state index contributed by atoms with van der Waals surface area (Å²) in [5.41, 5.74) is 2.65. The molecule has 2 aromatic rings. The van der Waals surface area contributed by atoms with Crippen molar-refractivity contribution in [2.24, 2.45) is 0 Å². The quantitative estimate of drug-likeness (QED) is 0.847. The molecule has 4 heteroatoms. The van der Waals surface area contributed by atoms with E-state index in [1.807, 2.05) is 13.0 Å². The second kappa shape index (κ2) is 4.65. The lowest BCUT2D eigenvalue weighted by atomic mass is 10.1. The summed E-state index contributed by atoms with van der Waals surface area (Å²) in [7, 11) is 0. The van der Waals surface area contributed by atoms with E-state index >= 15 is 0 Å². The minimum atomic E-state index is -0.945. The molecule has 0 bridgehead atoms. The Bertz CT molecular complexity index is 553. The van der Waals surface area contributed by atoms with Crippen LogP contribution in [0.1, 0.15) is 15.9 Å². The van der Waals surface area contributed by atoms with Crippen molar-refractivity contribution in [2.45, 2.75) is 6.92 Å². The number of nitrogens with zero attached hydrogens (tertiary/aromatic N) is 1. The van der Waals surface area contributed by atoms with E-state index in [0.717, 1.165) is 11.3 Å². The molecule has 0 aliphatic heterocycles. The van der Waals surface area contributed by atoms with Gasteiger partial charge in [-0.3, -0.25) is 4.98 Å². The Kier molecular flexibility index (Phi) is 3.05. The summed E-state index contributed by atoms with van der Waals surface area (Å²) in [6.45, 7) is 1.92. The smallest absolute Gasteiger partial charge is 0.337 e. The maximum absolute atomic E-state index is 11.0. The van der Waals surface area contributed by atoms with Gasteiger partial charge in [0.05, 0.1) is 11.3 Å². The number of anilines is 2. The molecule has 0 unspecified atom stereocenters. The van der Waals surface area contributed by atoms with Gasteiger partial charge in [-0.25, -0.2) is 4.79 Å². The van der Waals surface area contributed by atoms with Crippen LogP contribution in [0.25, 0.3) is 0 Å². The molecule has 0 atom stereocenters. The van der Waals surface area contributed by atoms with Crippen LogP contribution in [0, 0.1) is 6.92 Å². The van der Waals surface area contributed by atoms with E-state index in [1.165, 1.54) is 0 Å². The first-order valence-corrected chi connectivity index (χ1v) is 5.18. The van der Waals surface area contributed by atoms with Crippen LogP contribution in [0.4, 0.5) is 11.4 Å². The maximum Gasteiger partial charge on any atom is 0.337 e. The van der Waals surface area contributed by atoms with Gasteiger partial charge in [-0.05, 0) is 30.7 Å². The van der Waals surface area contributed by atoms with Crippen LogP contribution in [-0.2, 0) is 0 Å². The molecule has 0 radical (unpaired) electrons. The normalized spacial score (nSPS) is 9.94. The number of carboxylic acid groups (broad SMARTS) is 1. The molecule has 0 saturated heterocycles. The summed E-state index contributed by atoms with van der Waals surface area (Å²) in [6, 6.07) is 8.62. The van der Waals surface area contributed by atoms with Crippen LogP contribution in [0.2, 0.25) is 0 Å². The SMILES string of the molecule is Cc1cnccc1Nc1ccccc1C(=O)O. The summed E-state index contributed by atoms with van der Waals surface area (Å²) in [5.74, 6) is -0.945.